The van der Waals surface area contributed by atoms with Gasteiger partial charge in [-0.05, 0) is 44.0 Å². The van der Waals surface area contributed by atoms with Crippen molar-refractivity contribution in [3.05, 3.63) is 47.8 Å². The number of aliphatic hydroxyl groups is 1. The molecule has 0 aliphatic carbocycles. The first-order valence-corrected chi connectivity index (χ1v) is 8.87. The summed E-state index contributed by atoms with van der Waals surface area (Å²) in [7, 11) is 0. The standard InChI is InChI=1S/C20H24FNO5/c1-12(2)22-15(7-8-16(23)10-17(24)11-19(25)26)9-18(20(22)27)13-3-5-14(21)6-4-13/h3-8,12,15,17-18,24H,9-11H2,1-2H3,(H,25,26)/t15-,17-,18+/m1/s1. The maximum atomic E-state index is 13.1. The molecule has 27 heavy (non-hydrogen) atoms. The number of likely N-dealkylation sites (tertiary alicyclic amines) is 1. The zero-order valence-corrected chi connectivity index (χ0v) is 15.3. The third kappa shape index (κ3) is 5.47. The summed E-state index contributed by atoms with van der Waals surface area (Å²) in [5, 5.41) is 18.2. The molecule has 0 unspecified atom stereocenters. The molecule has 1 heterocycles. The zero-order chi connectivity index (χ0) is 20.1. The van der Waals surface area contributed by atoms with Gasteiger partial charge in [0.1, 0.15) is 5.82 Å². The molecule has 146 valence electrons. The molecule has 0 spiro atoms. The summed E-state index contributed by atoms with van der Waals surface area (Å²) in [6, 6.07) is 5.45. The van der Waals surface area contributed by atoms with Gasteiger partial charge in [0.2, 0.25) is 5.91 Å². The number of benzene rings is 1. The fourth-order valence-electron chi connectivity index (χ4n) is 3.37. The molecular weight excluding hydrogens is 353 g/mol. The maximum Gasteiger partial charge on any atom is 0.305 e. The highest BCUT2D eigenvalue weighted by molar-refractivity contribution is 5.91. The molecule has 1 aromatic rings. The fourth-order valence-corrected chi connectivity index (χ4v) is 3.37. The van der Waals surface area contributed by atoms with Gasteiger partial charge in [-0.3, -0.25) is 14.4 Å². The van der Waals surface area contributed by atoms with Gasteiger partial charge in [-0.15, -0.1) is 0 Å². The number of carbonyl (C=O) groups excluding carboxylic acids is 2. The molecule has 0 saturated carbocycles. The molecule has 6 nitrogen and oxygen atoms in total. The van der Waals surface area contributed by atoms with E-state index in [1.54, 1.807) is 23.1 Å². The molecule has 1 aromatic carbocycles. The van der Waals surface area contributed by atoms with E-state index in [9.17, 15) is 23.9 Å². The van der Waals surface area contributed by atoms with Crippen molar-refractivity contribution >= 4 is 17.7 Å². The highest BCUT2D eigenvalue weighted by atomic mass is 19.1. The largest absolute Gasteiger partial charge is 0.481 e. The van der Waals surface area contributed by atoms with E-state index in [1.807, 2.05) is 13.8 Å². The van der Waals surface area contributed by atoms with Gasteiger partial charge < -0.3 is 15.1 Å². The highest BCUT2D eigenvalue weighted by Gasteiger charge is 2.40. The molecule has 2 rings (SSSR count). The minimum Gasteiger partial charge on any atom is -0.481 e. The second-order valence-corrected chi connectivity index (χ2v) is 7.03. The quantitative estimate of drug-likeness (QED) is 0.678. The van der Waals surface area contributed by atoms with Crippen LogP contribution in [0.3, 0.4) is 0 Å². The predicted molar refractivity (Wildman–Crippen MR) is 96.6 cm³/mol. The van der Waals surface area contributed by atoms with Crippen molar-refractivity contribution in [1.82, 2.24) is 4.90 Å². The van der Waals surface area contributed by atoms with Crippen LogP contribution in [0.2, 0.25) is 0 Å². The molecule has 2 N–H and O–H groups in total. The first-order chi connectivity index (χ1) is 12.7. The number of nitrogens with zero attached hydrogens (tertiary/aromatic N) is 1. The number of aliphatic carboxylic acids is 1. The van der Waals surface area contributed by atoms with E-state index in [0.717, 1.165) is 5.56 Å². The second kappa shape index (κ2) is 8.90. The Bertz CT molecular complexity index is 728. The fraction of sp³-hybridized carbons (Fsp3) is 0.450. The lowest BCUT2D eigenvalue weighted by molar-refractivity contribution is -0.139. The molecule has 0 radical (unpaired) electrons. The van der Waals surface area contributed by atoms with Gasteiger partial charge in [0.25, 0.3) is 0 Å². The molecule has 1 saturated heterocycles. The second-order valence-electron chi connectivity index (χ2n) is 7.03. The molecule has 1 fully saturated rings. The number of allylic oxidation sites excluding steroid dienone is 1. The van der Waals surface area contributed by atoms with Gasteiger partial charge in [0.15, 0.2) is 5.78 Å². The average Bonchev–Trinajstić information content (AvgIpc) is 2.89. The van der Waals surface area contributed by atoms with Crippen LogP contribution in [0.5, 0.6) is 0 Å². The molecule has 7 heteroatoms. The van der Waals surface area contributed by atoms with E-state index < -0.39 is 30.2 Å². The number of halogens is 1. The summed E-state index contributed by atoms with van der Waals surface area (Å²) >= 11 is 0. The van der Waals surface area contributed by atoms with Gasteiger partial charge in [0, 0.05) is 12.5 Å². The minimum absolute atomic E-state index is 0.0784. The van der Waals surface area contributed by atoms with Crippen molar-refractivity contribution in [2.75, 3.05) is 0 Å². The summed E-state index contributed by atoms with van der Waals surface area (Å²) in [6.07, 6.45) is 1.36. The minimum atomic E-state index is -1.24. The van der Waals surface area contributed by atoms with Crippen molar-refractivity contribution in [1.29, 1.82) is 0 Å². The van der Waals surface area contributed by atoms with E-state index in [-0.39, 0.29) is 30.2 Å². The Balaban J connectivity index is 2.10. The number of hydrogen-bond acceptors (Lipinski definition) is 4. The molecule has 1 aliphatic heterocycles. The molecule has 3 atom stereocenters. The van der Waals surface area contributed by atoms with Crippen molar-refractivity contribution < 1.29 is 29.0 Å². The molecule has 0 aromatic heterocycles. The first-order valence-electron chi connectivity index (χ1n) is 8.87. The lowest BCUT2D eigenvalue weighted by Crippen LogP contribution is -2.38. The Morgan fingerprint density at radius 3 is 2.44 bits per heavy atom. The van der Waals surface area contributed by atoms with E-state index in [1.165, 1.54) is 18.2 Å². The van der Waals surface area contributed by atoms with Crippen LogP contribution in [0.25, 0.3) is 0 Å². The summed E-state index contributed by atoms with van der Waals surface area (Å²) < 4.78 is 13.1. The number of carboxylic acid groups (broad SMARTS) is 1. The Hall–Kier alpha value is -2.54. The Morgan fingerprint density at radius 1 is 1.26 bits per heavy atom. The average molecular weight is 377 g/mol. The number of hydrogen-bond donors (Lipinski definition) is 2. The Kier molecular flexibility index (Phi) is 6.85. The number of amides is 1. The normalized spacial score (nSPS) is 21.2. The van der Waals surface area contributed by atoms with Gasteiger partial charge >= 0.3 is 5.97 Å². The number of aliphatic hydroxyl groups excluding tert-OH is 1. The van der Waals surface area contributed by atoms with Crippen LogP contribution in [0, 0.1) is 5.82 Å². The monoisotopic (exact) mass is 377 g/mol. The number of carbonyl (C=O) groups is 3. The predicted octanol–water partition coefficient (Wildman–Crippen LogP) is 2.27. The van der Waals surface area contributed by atoms with E-state index >= 15 is 0 Å². The highest BCUT2D eigenvalue weighted by Crippen LogP contribution is 2.35. The van der Waals surface area contributed by atoms with Crippen molar-refractivity contribution in [2.45, 2.75) is 57.2 Å². The van der Waals surface area contributed by atoms with Gasteiger partial charge in [0.05, 0.1) is 24.5 Å². The summed E-state index contributed by atoms with van der Waals surface area (Å²) in [5.74, 6) is -2.43. The third-order valence-corrected chi connectivity index (χ3v) is 4.57. The third-order valence-electron chi connectivity index (χ3n) is 4.57. The van der Waals surface area contributed by atoms with Crippen LogP contribution in [0.15, 0.2) is 36.4 Å². The summed E-state index contributed by atoms with van der Waals surface area (Å²) in [6.45, 7) is 3.76. The Labute approximate surface area is 157 Å². The van der Waals surface area contributed by atoms with E-state index in [2.05, 4.69) is 0 Å². The van der Waals surface area contributed by atoms with Crippen molar-refractivity contribution in [2.24, 2.45) is 0 Å². The van der Waals surface area contributed by atoms with Gasteiger partial charge in [-0.25, -0.2) is 4.39 Å². The SMILES string of the molecule is CC(C)N1C(=O)[C@H](c2ccc(F)cc2)C[C@H]1C=CC(=O)C[C@@H](O)CC(=O)O. The van der Waals surface area contributed by atoms with Crippen molar-refractivity contribution in [3.8, 4) is 0 Å². The van der Waals surface area contributed by atoms with Gasteiger partial charge in [-0.2, -0.15) is 0 Å². The van der Waals surface area contributed by atoms with Crippen LogP contribution in [0.1, 0.15) is 44.6 Å². The Morgan fingerprint density at radius 2 is 1.89 bits per heavy atom. The summed E-state index contributed by atoms with van der Waals surface area (Å²) in [4.78, 5) is 37.0. The molecular formula is C20H24FNO5. The molecule has 1 aliphatic rings. The maximum absolute atomic E-state index is 13.1. The van der Waals surface area contributed by atoms with Crippen LogP contribution in [0.4, 0.5) is 4.39 Å². The molecule has 0 bridgehead atoms. The topological polar surface area (TPSA) is 94.9 Å². The van der Waals surface area contributed by atoms with E-state index in [0.29, 0.717) is 6.42 Å². The van der Waals surface area contributed by atoms with Crippen molar-refractivity contribution in [3.63, 3.8) is 0 Å². The lowest BCUT2D eigenvalue weighted by Gasteiger charge is -2.26. The van der Waals surface area contributed by atoms with Crippen LogP contribution in [-0.4, -0.2) is 51.0 Å². The van der Waals surface area contributed by atoms with Gasteiger partial charge in [-0.1, -0.05) is 18.2 Å². The number of rotatable bonds is 8. The smallest absolute Gasteiger partial charge is 0.305 e. The van der Waals surface area contributed by atoms with Crippen LogP contribution >= 0.6 is 0 Å². The zero-order valence-electron chi connectivity index (χ0n) is 15.3. The van der Waals surface area contributed by atoms with Crippen LogP contribution < -0.4 is 0 Å². The van der Waals surface area contributed by atoms with E-state index in [4.69, 9.17) is 5.11 Å². The first kappa shape index (κ1) is 20.8. The number of ketones is 1. The number of carboxylic acids is 1. The van der Waals surface area contributed by atoms with Crippen LogP contribution in [-0.2, 0) is 14.4 Å². The summed E-state index contributed by atoms with van der Waals surface area (Å²) in [5.41, 5.74) is 0.728. The molecule has 1 amide bonds. The lowest BCUT2D eigenvalue weighted by atomic mass is 9.95.